The van der Waals surface area contributed by atoms with Crippen LogP contribution in [-0.2, 0) is 10.0 Å². The molecule has 2 aliphatic rings. The van der Waals surface area contributed by atoms with E-state index in [1.807, 2.05) is 0 Å². The van der Waals surface area contributed by atoms with Crippen LogP contribution in [0.15, 0.2) is 21.5 Å². The van der Waals surface area contributed by atoms with Gasteiger partial charge in [0.05, 0.1) is 5.56 Å². The number of benzene rings is 1. The van der Waals surface area contributed by atoms with Crippen molar-refractivity contribution in [2.75, 3.05) is 6.54 Å². The molecule has 0 spiro atoms. The van der Waals surface area contributed by atoms with E-state index in [0.29, 0.717) is 12.5 Å². The Morgan fingerprint density at radius 2 is 2.10 bits per heavy atom. The minimum atomic E-state index is -4.01. The second-order valence-electron chi connectivity index (χ2n) is 5.48. The molecule has 1 N–H and O–H groups in total. The van der Waals surface area contributed by atoms with E-state index in [9.17, 15) is 17.6 Å². The summed E-state index contributed by atoms with van der Waals surface area (Å²) in [5.41, 5.74) is -0.646. The van der Waals surface area contributed by atoms with Crippen LogP contribution in [0, 0.1) is 11.7 Å². The fourth-order valence-electron chi connectivity index (χ4n) is 3.21. The van der Waals surface area contributed by atoms with Crippen LogP contribution in [0.2, 0.25) is 0 Å². The molecule has 2 unspecified atom stereocenters. The molecule has 1 saturated heterocycles. The molecule has 2 fully saturated rings. The zero-order chi connectivity index (χ0) is 15.4. The first-order chi connectivity index (χ1) is 9.80. The maximum absolute atomic E-state index is 14.3. The van der Waals surface area contributed by atoms with Gasteiger partial charge in [-0.2, -0.15) is 4.31 Å². The highest BCUT2D eigenvalue weighted by molar-refractivity contribution is 9.10. The highest BCUT2D eigenvalue weighted by Crippen LogP contribution is 2.41. The number of nitrogens with zero attached hydrogens (tertiary/aromatic N) is 1. The highest BCUT2D eigenvalue weighted by atomic mass is 79.9. The number of hydrogen-bond donors (Lipinski definition) is 1. The summed E-state index contributed by atoms with van der Waals surface area (Å²) in [5, 5.41) is 8.98. The van der Waals surface area contributed by atoms with Crippen molar-refractivity contribution < 1.29 is 22.7 Å². The van der Waals surface area contributed by atoms with E-state index in [1.165, 1.54) is 4.31 Å². The van der Waals surface area contributed by atoms with Gasteiger partial charge in [0.15, 0.2) is 5.82 Å². The van der Waals surface area contributed by atoms with Gasteiger partial charge in [0.25, 0.3) is 0 Å². The second-order valence-corrected chi connectivity index (χ2v) is 8.25. The summed E-state index contributed by atoms with van der Waals surface area (Å²) in [6.07, 6.45) is 2.59. The van der Waals surface area contributed by atoms with Gasteiger partial charge in [0, 0.05) is 17.1 Å². The number of halogens is 2. The second kappa shape index (κ2) is 5.03. The third-order valence-corrected chi connectivity index (χ3v) is 6.56. The van der Waals surface area contributed by atoms with E-state index in [0.717, 1.165) is 31.4 Å². The number of carbonyl (C=O) groups is 1. The smallest absolute Gasteiger partial charge is 0.338 e. The van der Waals surface area contributed by atoms with Crippen LogP contribution >= 0.6 is 15.9 Å². The van der Waals surface area contributed by atoms with Crippen molar-refractivity contribution in [3.63, 3.8) is 0 Å². The third kappa shape index (κ3) is 2.39. The summed E-state index contributed by atoms with van der Waals surface area (Å²) in [6.45, 7) is 0.390. The Labute approximate surface area is 129 Å². The molecule has 1 aromatic rings. The molecule has 2 bridgehead atoms. The lowest BCUT2D eigenvalue weighted by Crippen LogP contribution is -2.38. The van der Waals surface area contributed by atoms with Crippen molar-refractivity contribution >= 4 is 31.9 Å². The minimum absolute atomic E-state index is 0.0911. The van der Waals surface area contributed by atoms with Crippen molar-refractivity contribution in [1.29, 1.82) is 0 Å². The predicted octanol–water partition coefficient (Wildman–Crippen LogP) is 2.46. The van der Waals surface area contributed by atoms with Gasteiger partial charge in [0.1, 0.15) is 4.90 Å². The standard InChI is InChI=1S/C13H13BrFNO4S/c14-8-4-10(13(17)18)12(15)11(5-8)21(19,20)16-6-7-1-2-9(16)3-7/h4-5,7,9H,1-3,6H2,(H,17,18). The van der Waals surface area contributed by atoms with Crippen LogP contribution in [0.4, 0.5) is 4.39 Å². The molecule has 1 aliphatic heterocycles. The van der Waals surface area contributed by atoms with Crippen LogP contribution in [0.25, 0.3) is 0 Å². The maximum Gasteiger partial charge on any atom is 0.338 e. The van der Waals surface area contributed by atoms with E-state index in [-0.39, 0.29) is 10.5 Å². The Hall–Kier alpha value is -0.990. The lowest BCUT2D eigenvalue weighted by atomic mass is 10.1. The summed E-state index contributed by atoms with van der Waals surface area (Å²) < 4.78 is 41.1. The minimum Gasteiger partial charge on any atom is -0.478 e. The monoisotopic (exact) mass is 377 g/mol. The van der Waals surface area contributed by atoms with Crippen molar-refractivity contribution in [2.24, 2.45) is 5.92 Å². The Morgan fingerprint density at radius 3 is 2.62 bits per heavy atom. The maximum atomic E-state index is 14.3. The number of carboxylic acid groups (broad SMARTS) is 1. The van der Waals surface area contributed by atoms with E-state index in [2.05, 4.69) is 15.9 Å². The zero-order valence-corrected chi connectivity index (χ0v) is 13.3. The van der Waals surface area contributed by atoms with E-state index in [1.54, 1.807) is 0 Å². The molecule has 1 aliphatic carbocycles. The molecule has 0 amide bonds. The van der Waals surface area contributed by atoms with E-state index < -0.39 is 32.3 Å². The van der Waals surface area contributed by atoms with Gasteiger partial charge >= 0.3 is 5.97 Å². The van der Waals surface area contributed by atoms with Crippen LogP contribution in [0.1, 0.15) is 29.6 Å². The highest BCUT2D eigenvalue weighted by Gasteiger charge is 2.45. The summed E-state index contributed by atoms with van der Waals surface area (Å²) in [4.78, 5) is 10.5. The van der Waals surface area contributed by atoms with Crippen molar-refractivity contribution in [1.82, 2.24) is 4.31 Å². The average molecular weight is 378 g/mol. The first kappa shape index (κ1) is 14.9. The normalized spacial score (nSPS) is 25.4. The summed E-state index contributed by atoms with van der Waals surface area (Å²) >= 11 is 3.04. The molecular weight excluding hydrogens is 365 g/mol. The van der Waals surface area contributed by atoms with Gasteiger partial charge in [-0.15, -0.1) is 0 Å². The summed E-state index contributed by atoms with van der Waals surface area (Å²) in [6, 6.07) is 2.10. The van der Waals surface area contributed by atoms with Crippen molar-refractivity contribution in [2.45, 2.75) is 30.2 Å². The number of rotatable bonds is 3. The molecule has 1 saturated carbocycles. The van der Waals surface area contributed by atoms with Gasteiger partial charge in [-0.1, -0.05) is 15.9 Å². The fourth-order valence-corrected chi connectivity index (χ4v) is 5.67. The van der Waals surface area contributed by atoms with Crippen molar-refractivity contribution in [3.8, 4) is 0 Å². The molecule has 3 rings (SSSR count). The number of hydrogen-bond acceptors (Lipinski definition) is 3. The first-order valence-corrected chi connectivity index (χ1v) is 8.78. The molecule has 2 atom stereocenters. The largest absolute Gasteiger partial charge is 0.478 e. The fraction of sp³-hybridized carbons (Fsp3) is 0.462. The van der Waals surface area contributed by atoms with Gasteiger partial charge in [-0.3, -0.25) is 0 Å². The Kier molecular flexibility index (Phi) is 3.58. The Bertz CT molecular complexity index is 721. The topological polar surface area (TPSA) is 74.7 Å². The lowest BCUT2D eigenvalue weighted by Gasteiger charge is -2.26. The molecule has 5 nitrogen and oxygen atoms in total. The van der Waals surface area contributed by atoms with E-state index in [4.69, 9.17) is 5.11 Å². The molecule has 0 aromatic heterocycles. The number of sulfonamides is 1. The predicted molar refractivity (Wildman–Crippen MR) is 76.1 cm³/mol. The molecule has 1 aromatic carbocycles. The lowest BCUT2D eigenvalue weighted by molar-refractivity contribution is 0.0691. The molecule has 8 heteroatoms. The number of carboxylic acids is 1. The summed E-state index contributed by atoms with van der Waals surface area (Å²) in [7, 11) is -4.01. The van der Waals surface area contributed by atoms with Gasteiger partial charge in [0.2, 0.25) is 10.0 Å². The van der Waals surface area contributed by atoms with Gasteiger partial charge in [-0.05, 0) is 37.3 Å². The SMILES string of the molecule is O=C(O)c1cc(Br)cc(S(=O)(=O)N2CC3CCC2C3)c1F. The Balaban J connectivity index is 2.09. The van der Waals surface area contributed by atoms with E-state index >= 15 is 0 Å². The van der Waals surface area contributed by atoms with Crippen LogP contribution in [0.3, 0.4) is 0 Å². The third-order valence-electron chi connectivity index (χ3n) is 4.18. The molecule has 1 heterocycles. The molecular formula is C13H13BrFNO4S. The average Bonchev–Trinajstić information content (AvgIpc) is 3.03. The first-order valence-electron chi connectivity index (χ1n) is 6.55. The Morgan fingerprint density at radius 1 is 1.38 bits per heavy atom. The number of piperidine rings is 1. The number of aromatic carboxylic acids is 1. The molecule has 0 radical (unpaired) electrons. The van der Waals surface area contributed by atoms with Crippen LogP contribution < -0.4 is 0 Å². The quantitative estimate of drug-likeness (QED) is 0.877. The van der Waals surface area contributed by atoms with Gasteiger partial charge < -0.3 is 5.11 Å². The zero-order valence-electron chi connectivity index (χ0n) is 10.9. The molecule has 114 valence electrons. The summed E-state index contributed by atoms with van der Waals surface area (Å²) in [5.74, 6) is -2.36. The van der Waals surface area contributed by atoms with Crippen molar-refractivity contribution in [3.05, 3.63) is 28.0 Å². The van der Waals surface area contributed by atoms with Gasteiger partial charge in [-0.25, -0.2) is 17.6 Å². The number of fused-ring (bicyclic) bond motifs is 2. The van der Waals surface area contributed by atoms with Crippen LogP contribution in [-0.4, -0.2) is 36.4 Å². The van der Waals surface area contributed by atoms with Crippen LogP contribution in [0.5, 0.6) is 0 Å². The molecule has 21 heavy (non-hydrogen) atoms.